The van der Waals surface area contributed by atoms with Crippen molar-refractivity contribution in [3.05, 3.63) is 11.6 Å². The summed E-state index contributed by atoms with van der Waals surface area (Å²) in [7, 11) is 0. The van der Waals surface area contributed by atoms with Crippen LogP contribution in [-0.4, -0.2) is 11.6 Å². The summed E-state index contributed by atoms with van der Waals surface area (Å²) in [6.07, 6.45) is 4.07. The van der Waals surface area contributed by atoms with E-state index in [0.717, 1.165) is 6.42 Å². The van der Waals surface area contributed by atoms with Gasteiger partial charge in [0.1, 0.15) is 5.78 Å². The third-order valence-corrected chi connectivity index (χ3v) is 5.72. The summed E-state index contributed by atoms with van der Waals surface area (Å²) in [6, 6.07) is 0. The predicted octanol–water partition coefficient (Wildman–Crippen LogP) is 2.92. The number of Topliss-reactive ketones (excluding diaryl/α,β-unsaturated/α-hetero) is 1. The summed E-state index contributed by atoms with van der Waals surface area (Å²) in [5.74, 6) is 0.789. The van der Waals surface area contributed by atoms with Crippen molar-refractivity contribution in [2.24, 2.45) is 22.2 Å². The first-order valence-corrected chi connectivity index (χ1v) is 6.49. The molecule has 0 heterocycles. The SMILES string of the molecule is CC1(C)C2=CC(=O)CC(C)(C)[C@]23CC(=O)[C@H]1C3. The van der Waals surface area contributed by atoms with E-state index in [0.29, 0.717) is 18.6 Å². The second-order valence-electron chi connectivity index (χ2n) is 7.29. The highest BCUT2D eigenvalue weighted by molar-refractivity contribution is 5.96. The van der Waals surface area contributed by atoms with Gasteiger partial charge in [-0.05, 0) is 23.3 Å². The van der Waals surface area contributed by atoms with Crippen molar-refractivity contribution in [1.82, 2.24) is 0 Å². The van der Waals surface area contributed by atoms with Crippen molar-refractivity contribution in [3.8, 4) is 0 Å². The highest BCUT2D eigenvalue weighted by Gasteiger charge is 2.68. The topological polar surface area (TPSA) is 34.1 Å². The predicted molar refractivity (Wildman–Crippen MR) is 65.4 cm³/mol. The smallest absolute Gasteiger partial charge is 0.156 e. The molecule has 17 heavy (non-hydrogen) atoms. The molecule has 2 heteroatoms. The monoisotopic (exact) mass is 232 g/mol. The van der Waals surface area contributed by atoms with E-state index >= 15 is 0 Å². The van der Waals surface area contributed by atoms with E-state index in [1.807, 2.05) is 6.08 Å². The lowest BCUT2D eigenvalue weighted by atomic mass is 9.53. The van der Waals surface area contributed by atoms with Crippen molar-refractivity contribution >= 4 is 11.6 Å². The summed E-state index contributed by atoms with van der Waals surface area (Å²) < 4.78 is 0. The first-order chi connectivity index (χ1) is 7.71. The number of carbonyl (C=O) groups excluding carboxylic acids is 2. The Balaban J connectivity index is 2.25. The zero-order valence-corrected chi connectivity index (χ0v) is 11.1. The molecule has 2 atom stereocenters. The maximum Gasteiger partial charge on any atom is 0.156 e. The Bertz CT molecular complexity index is 467. The van der Waals surface area contributed by atoms with Gasteiger partial charge in [-0.1, -0.05) is 33.3 Å². The molecule has 0 amide bonds. The summed E-state index contributed by atoms with van der Waals surface area (Å²) in [5.41, 5.74) is 1.07. The maximum atomic E-state index is 12.2. The molecule has 2 saturated carbocycles. The molecule has 0 aromatic heterocycles. The van der Waals surface area contributed by atoms with Crippen LogP contribution in [0.1, 0.15) is 47.0 Å². The van der Waals surface area contributed by atoms with Crippen LogP contribution in [0.4, 0.5) is 0 Å². The van der Waals surface area contributed by atoms with Crippen molar-refractivity contribution in [1.29, 1.82) is 0 Å². The fourth-order valence-corrected chi connectivity index (χ4v) is 4.64. The van der Waals surface area contributed by atoms with Crippen LogP contribution in [-0.2, 0) is 9.59 Å². The minimum Gasteiger partial charge on any atom is -0.299 e. The lowest BCUT2D eigenvalue weighted by molar-refractivity contribution is -0.127. The average Bonchev–Trinajstić information content (AvgIpc) is 2.60. The molecular weight excluding hydrogens is 212 g/mol. The molecule has 92 valence electrons. The minimum absolute atomic E-state index is 0.0217. The van der Waals surface area contributed by atoms with Crippen LogP contribution in [0.25, 0.3) is 0 Å². The number of ketones is 2. The number of fused-ring (bicyclic) bond motifs is 1. The van der Waals surface area contributed by atoms with Gasteiger partial charge < -0.3 is 0 Å². The molecule has 0 unspecified atom stereocenters. The van der Waals surface area contributed by atoms with Gasteiger partial charge in [0.25, 0.3) is 0 Å². The van der Waals surface area contributed by atoms with Crippen LogP contribution < -0.4 is 0 Å². The van der Waals surface area contributed by atoms with E-state index in [4.69, 9.17) is 0 Å². The largest absolute Gasteiger partial charge is 0.299 e. The number of carbonyl (C=O) groups is 2. The number of rotatable bonds is 0. The standard InChI is InChI=1S/C15H20O2/c1-13(2)6-9(16)5-12-14(3,4)10-7-15(12,13)8-11(10)17/h5,10H,6-8H2,1-4H3/t10-,15-/m1/s1. The van der Waals surface area contributed by atoms with E-state index < -0.39 is 0 Å². The molecule has 0 saturated heterocycles. The highest BCUT2D eigenvalue weighted by Crippen LogP contribution is 2.72. The Morgan fingerprint density at radius 3 is 2.41 bits per heavy atom. The Kier molecular flexibility index (Phi) is 1.80. The fourth-order valence-electron chi connectivity index (χ4n) is 4.64. The van der Waals surface area contributed by atoms with E-state index in [9.17, 15) is 9.59 Å². The van der Waals surface area contributed by atoms with Gasteiger partial charge in [-0.3, -0.25) is 9.59 Å². The van der Waals surface area contributed by atoms with Crippen LogP contribution in [0.2, 0.25) is 0 Å². The van der Waals surface area contributed by atoms with Crippen LogP contribution in [0, 0.1) is 22.2 Å². The molecule has 3 aliphatic rings. The van der Waals surface area contributed by atoms with E-state index in [-0.39, 0.29) is 27.9 Å². The molecular formula is C15H20O2. The highest BCUT2D eigenvalue weighted by atomic mass is 16.1. The normalized spacial score (nSPS) is 41.4. The third-order valence-electron chi connectivity index (χ3n) is 5.72. The van der Waals surface area contributed by atoms with Crippen molar-refractivity contribution in [3.63, 3.8) is 0 Å². The summed E-state index contributed by atoms with van der Waals surface area (Å²) >= 11 is 0. The van der Waals surface area contributed by atoms with E-state index in [1.54, 1.807) is 0 Å². The van der Waals surface area contributed by atoms with Gasteiger partial charge in [0, 0.05) is 24.2 Å². The molecule has 0 N–H and O–H groups in total. The molecule has 0 aromatic rings. The van der Waals surface area contributed by atoms with Crippen LogP contribution in [0.15, 0.2) is 11.6 Å². The van der Waals surface area contributed by atoms with Gasteiger partial charge in [0.2, 0.25) is 0 Å². The van der Waals surface area contributed by atoms with Gasteiger partial charge >= 0.3 is 0 Å². The Morgan fingerprint density at radius 1 is 1.12 bits per heavy atom. The van der Waals surface area contributed by atoms with Gasteiger partial charge in [-0.15, -0.1) is 0 Å². The summed E-state index contributed by atoms with van der Waals surface area (Å²) in [5, 5.41) is 0. The van der Waals surface area contributed by atoms with Crippen molar-refractivity contribution in [2.45, 2.75) is 47.0 Å². The lowest BCUT2D eigenvalue weighted by Crippen LogP contribution is -2.45. The van der Waals surface area contributed by atoms with Gasteiger partial charge in [0.05, 0.1) is 0 Å². The quantitative estimate of drug-likeness (QED) is 0.643. The lowest BCUT2D eigenvalue weighted by Gasteiger charge is -2.49. The van der Waals surface area contributed by atoms with E-state index in [1.165, 1.54) is 5.57 Å². The van der Waals surface area contributed by atoms with Crippen LogP contribution >= 0.6 is 0 Å². The minimum atomic E-state index is -0.108. The molecule has 0 aliphatic heterocycles. The number of hydrogen-bond donors (Lipinski definition) is 0. The molecule has 2 nitrogen and oxygen atoms in total. The second-order valence-corrected chi connectivity index (χ2v) is 7.29. The zero-order valence-electron chi connectivity index (χ0n) is 11.1. The molecule has 0 radical (unpaired) electrons. The van der Waals surface area contributed by atoms with E-state index in [2.05, 4.69) is 27.7 Å². The fraction of sp³-hybridized carbons (Fsp3) is 0.733. The van der Waals surface area contributed by atoms with Crippen molar-refractivity contribution in [2.75, 3.05) is 0 Å². The first-order valence-electron chi connectivity index (χ1n) is 6.49. The first kappa shape index (κ1) is 11.2. The molecule has 2 fully saturated rings. The van der Waals surface area contributed by atoms with Crippen LogP contribution in [0.5, 0.6) is 0 Å². The second kappa shape index (κ2) is 2.73. The molecule has 1 spiro atoms. The molecule has 0 aromatic carbocycles. The Morgan fingerprint density at radius 2 is 1.76 bits per heavy atom. The number of hydrogen-bond acceptors (Lipinski definition) is 2. The van der Waals surface area contributed by atoms with Gasteiger partial charge in [-0.2, -0.15) is 0 Å². The molecule has 2 bridgehead atoms. The summed E-state index contributed by atoms with van der Waals surface area (Å²) in [4.78, 5) is 24.1. The maximum absolute atomic E-state index is 12.2. The van der Waals surface area contributed by atoms with Crippen molar-refractivity contribution < 1.29 is 9.59 Å². The average molecular weight is 232 g/mol. The Labute approximate surface area is 102 Å². The summed E-state index contributed by atoms with van der Waals surface area (Å²) in [6.45, 7) is 8.60. The van der Waals surface area contributed by atoms with Gasteiger partial charge in [-0.25, -0.2) is 0 Å². The zero-order chi connectivity index (χ0) is 12.6. The van der Waals surface area contributed by atoms with Crippen LogP contribution in [0.3, 0.4) is 0 Å². The molecule has 3 aliphatic carbocycles. The third kappa shape index (κ3) is 1.07. The molecule has 3 rings (SSSR count). The number of allylic oxidation sites excluding steroid dienone is 2. The Hall–Kier alpha value is -0.920. The van der Waals surface area contributed by atoms with Gasteiger partial charge in [0.15, 0.2) is 5.78 Å².